The molecule has 0 bridgehead atoms. The number of para-hydroxylation sites is 2. The second kappa shape index (κ2) is 9.28. The largest absolute Gasteiger partial charge is 0.483 e. The number of hydrogen-bond donors (Lipinski definition) is 3. The van der Waals surface area contributed by atoms with E-state index < -0.39 is 11.2 Å². The standard InChI is InChI=1S/C23H24N8O4.CH2O2/c1-28-19-18(21(34)29(2)22(28)35)30(12-25-19)9-17(32)31-10-23(11-31)7-13(23)20(33)24-8-16-26-14-5-3-4-6-15(14)27-16;2-1-3/h3-6,12-13H,7-11H2,1-2H3,(H,24,33)(H,26,27);1H,(H,2,3). The summed E-state index contributed by atoms with van der Waals surface area (Å²) in [5.74, 6) is 0.407. The van der Waals surface area contributed by atoms with E-state index in [1.54, 1.807) is 4.90 Å². The van der Waals surface area contributed by atoms with Crippen LogP contribution in [-0.2, 0) is 41.6 Å². The molecular weight excluding hydrogens is 496 g/mol. The molecule has 1 aliphatic carbocycles. The zero-order chi connectivity index (χ0) is 27.2. The van der Waals surface area contributed by atoms with Gasteiger partial charge in [-0.1, -0.05) is 12.1 Å². The molecule has 38 heavy (non-hydrogen) atoms. The van der Waals surface area contributed by atoms with Crippen molar-refractivity contribution >= 4 is 40.5 Å². The Hall–Kier alpha value is -4.75. The first kappa shape index (κ1) is 24.9. The molecule has 6 rings (SSSR count). The lowest BCUT2D eigenvalue weighted by atomic mass is 9.93. The van der Waals surface area contributed by atoms with E-state index in [0.717, 1.165) is 22.0 Å². The van der Waals surface area contributed by atoms with Crippen LogP contribution < -0.4 is 16.6 Å². The number of benzene rings is 1. The van der Waals surface area contributed by atoms with Gasteiger partial charge in [0.2, 0.25) is 11.8 Å². The Morgan fingerprint density at radius 1 is 1.21 bits per heavy atom. The Labute approximate surface area is 214 Å². The van der Waals surface area contributed by atoms with Crippen LogP contribution in [0.4, 0.5) is 0 Å². The van der Waals surface area contributed by atoms with Gasteiger partial charge in [-0.15, -0.1) is 0 Å². The second-order valence-corrected chi connectivity index (χ2v) is 9.64. The van der Waals surface area contributed by atoms with Gasteiger partial charge in [-0.2, -0.15) is 0 Å². The summed E-state index contributed by atoms with van der Waals surface area (Å²) in [6, 6.07) is 7.70. The molecule has 2 amide bonds. The van der Waals surface area contributed by atoms with Crippen LogP contribution in [0, 0.1) is 11.3 Å². The SMILES string of the molecule is Cn1c(=O)c2c(ncn2CC(=O)N2CC3(CC3C(=O)NCc3nc4ccccc4[nH]3)C2)n(C)c1=O.O=CO. The summed E-state index contributed by atoms with van der Waals surface area (Å²) in [6.45, 7) is 1.05. The lowest BCUT2D eigenvalue weighted by molar-refractivity contribution is -0.141. The summed E-state index contributed by atoms with van der Waals surface area (Å²) in [4.78, 5) is 72.1. The van der Waals surface area contributed by atoms with Crippen LogP contribution in [0.2, 0.25) is 0 Å². The van der Waals surface area contributed by atoms with Crippen molar-refractivity contribution in [3.05, 3.63) is 57.3 Å². The second-order valence-electron chi connectivity index (χ2n) is 9.64. The topological polar surface area (TPSA) is 177 Å². The monoisotopic (exact) mass is 522 g/mol. The van der Waals surface area contributed by atoms with E-state index in [-0.39, 0.29) is 47.3 Å². The van der Waals surface area contributed by atoms with Crippen molar-refractivity contribution in [2.75, 3.05) is 13.1 Å². The minimum absolute atomic E-state index is 0.0254. The summed E-state index contributed by atoms with van der Waals surface area (Å²) in [5.41, 5.74) is 1.13. The lowest BCUT2D eigenvalue weighted by Crippen LogP contribution is -2.54. The first-order chi connectivity index (χ1) is 18.2. The fourth-order valence-corrected chi connectivity index (χ4v) is 5.10. The minimum atomic E-state index is -0.489. The maximum absolute atomic E-state index is 12.9. The van der Waals surface area contributed by atoms with Crippen molar-refractivity contribution in [2.45, 2.75) is 19.5 Å². The molecule has 2 aliphatic rings. The fraction of sp³-hybridized carbons (Fsp3) is 0.375. The number of carboxylic acid groups (broad SMARTS) is 1. The highest BCUT2D eigenvalue weighted by Gasteiger charge is 2.65. The van der Waals surface area contributed by atoms with Crippen molar-refractivity contribution in [3.8, 4) is 0 Å². The molecule has 2 fully saturated rings. The zero-order valence-electron chi connectivity index (χ0n) is 20.7. The first-order valence-corrected chi connectivity index (χ1v) is 11.9. The number of hydrogen-bond acceptors (Lipinski definition) is 7. The van der Waals surface area contributed by atoms with E-state index in [4.69, 9.17) is 9.90 Å². The van der Waals surface area contributed by atoms with E-state index in [1.807, 2.05) is 24.3 Å². The van der Waals surface area contributed by atoms with Crippen molar-refractivity contribution in [3.63, 3.8) is 0 Å². The van der Waals surface area contributed by atoms with Gasteiger partial charge in [-0.3, -0.25) is 28.3 Å². The Balaban J connectivity index is 0.000000937. The van der Waals surface area contributed by atoms with Crippen molar-refractivity contribution < 1.29 is 19.5 Å². The van der Waals surface area contributed by atoms with Crippen molar-refractivity contribution in [2.24, 2.45) is 25.4 Å². The third-order valence-electron chi connectivity index (χ3n) is 7.26. The molecule has 1 unspecified atom stereocenters. The number of aromatic nitrogens is 6. The number of nitrogens with one attached hydrogen (secondary N) is 2. The van der Waals surface area contributed by atoms with Crippen LogP contribution in [0.5, 0.6) is 0 Å². The van der Waals surface area contributed by atoms with Gasteiger partial charge in [0.25, 0.3) is 12.0 Å². The van der Waals surface area contributed by atoms with E-state index in [0.29, 0.717) is 25.5 Å². The molecule has 1 spiro atoms. The Bertz CT molecular complexity index is 1660. The number of likely N-dealkylation sites (tertiary alicyclic amines) is 1. The number of amides is 2. The minimum Gasteiger partial charge on any atom is -0.483 e. The molecule has 1 aromatic carbocycles. The Kier molecular flexibility index (Phi) is 6.09. The highest BCUT2D eigenvalue weighted by atomic mass is 16.3. The number of rotatable bonds is 5. The van der Waals surface area contributed by atoms with E-state index in [2.05, 4.69) is 20.3 Å². The maximum atomic E-state index is 12.9. The fourth-order valence-electron chi connectivity index (χ4n) is 5.10. The molecule has 1 saturated heterocycles. The van der Waals surface area contributed by atoms with Gasteiger partial charge in [0.15, 0.2) is 11.2 Å². The number of aryl methyl sites for hydroxylation is 1. The van der Waals surface area contributed by atoms with Crippen LogP contribution in [0.3, 0.4) is 0 Å². The molecule has 14 nitrogen and oxygen atoms in total. The van der Waals surface area contributed by atoms with Gasteiger partial charge in [0, 0.05) is 38.5 Å². The Morgan fingerprint density at radius 2 is 1.92 bits per heavy atom. The van der Waals surface area contributed by atoms with Gasteiger partial charge < -0.3 is 24.9 Å². The predicted molar refractivity (Wildman–Crippen MR) is 134 cm³/mol. The highest BCUT2D eigenvalue weighted by Crippen LogP contribution is 2.58. The van der Waals surface area contributed by atoms with E-state index >= 15 is 0 Å². The highest BCUT2D eigenvalue weighted by molar-refractivity contribution is 5.85. The third-order valence-corrected chi connectivity index (χ3v) is 7.26. The van der Waals surface area contributed by atoms with Crippen LogP contribution in [0.15, 0.2) is 40.2 Å². The first-order valence-electron chi connectivity index (χ1n) is 11.9. The van der Waals surface area contributed by atoms with Crippen LogP contribution in [-0.4, -0.2) is 70.0 Å². The molecule has 4 aromatic rings. The lowest BCUT2D eigenvalue weighted by Gasteiger charge is -2.40. The number of nitrogens with zero attached hydrogens (tertiary/aromatic N) is 6. The summed E-state index contributed by atoms with van der Waals surface area (Å²) in [7, 11) is 2.93. The molecule has 1 saturated carbocycles. The molecule has 3 aromatic heterocycles. The average molecular weight is 523 g/mol. The molecule has 1 aliphatic heterocycles. The van der Waals surface area contributed by atoms with Gasteiger partial charge in [0.1, 0.15) is 12.4 Å². The van der Waals surface area contributed by atoms with Crippen molar-refractivity contribution in [1.29, 1.82) is 0 Å². The molecule has 4 heterocycles. The molecular formula is C24H26N8O6. The summed E-state index contributed by atoms with van der Waals surface area (Å²) in [5, 5.41) is 9.84. The van der Waals surface area contributed by atoms with E-state index in [9.17, 15) is 19.2 Å². The molecule has 3 N–H and O–H groups in total. The summed E-state index contributed by atoms with van der Waals surface area (Å²) in [6.07, 6.45) is 2.16. The van der Waals surface area contributed by atoms with E-state index in [1.165, 1.54) is 29.6 Å². The maximum Gasteiger partial charge on any atom is 0.332 e. The number of H-pyrrole nitrogens is 1. The normalized spacial score (nSPS) is 17.1. The average Bonchev–Trinajstić information content (AvgIpc) is 3.28. The quantitative estimate of drug-likeness (QED) is 0.285. The molecule has 1 atom stereocenters. The number of carbonyl (C=O) groups excluding carboxylic acids is 2. The van der Waals surface area contributed by atoms with Crippen molar-refractivity contribution in [1.82, 2.24) is 38.9 Å². The summed E-state index contributed by atoms with van der Waals surface area (Å²) >= 11 is 0. The van der Waals surface area contributed by atoms with Crippen LogP contribution in [0.1, 0.15) is 12.2 Å². The zero-order valence-corrected chi connectivity index (χ0v) is 20.7. The number of fused-ring (bicyclic) bond motifs is 2. The smallest absolute Gasteiger partial charge is 0.332 e. The molecule has 0 radical (unpaired) electrons. The van der Waals surface area contributed by atoms with Gasteiger partial charge >= 0.3 is 5.69 Å². The van der Waals surface area contributed by atoms with Gasteiger partial charge in [-0.05, 0) is 18.6 Å². The van der Waals surface area contributed by atoms with Crippen LogP contribution in [0.25, 0.3) is 22.2 Å². The Morgan fingerprint density at radius 3 is 2.63 bits per heavy atom. The number of aromatic amines is 1. The summed E-state index contributed by atoms with van der Waals surface area (Å²) < 4.78 is 3.77. The number of imidazole rings is 2. The predicted octanol–water partition coefficient (Wildman–Crippen LogP) is -0.824. The van der Waals surface area contributed by atoms with Gasteiger partial charge in [0.05, 0.1) is 23.9 Å². The number of carbonyl (C=O) groups is 3. The van der Waals surface area contributed by atoms with Crippen LogP contribution >= 0.6 is 0 Å². The molecule has 14 heteroatoms. The molecule has 198 valence electrons. The third kappa shape index (κ3) is 4.13. The van der Waals surface area contributed by atoms with Gasteiger partial charge in [-0.25, -0.2) is 14.8 Å².